The van der Waals surface area contributed by atoms with Gasteiger partial charge in [-0.2, -0.15) is 0 Å². The van der Waals surface area contributed by atoms with Crippen LogP contribution in [0, 0.1) is 0 Å². The lowest BCUT2D eigenvalue weighted by atomic mass is 9.87. The van der Waals surface area contributed by atoms with E-state index in [0.717, 1.165) is 30.6 Å². The van der Waals surface area contributed by atoms with Crippen LogP contribution < -0.4 is 10.2 Å². The molecule has 1 heterocycles. The van der Waals surface area contributed by atoms with Crippen LogP contribution in [-0.4, -0.2) is 21.7 Å². The summed E-state index contributed by atoms with van der Waals surface area (Å²) in [6.45, 7) is 0.394. The minimum Gasteiger partial charge on any atom is -0.506 e. The van der Waals surface area contributed by atoms with Crippen LogP contribution in [0.4, 0.5) is 0 Å². The number of benzene rings is 2. The van der Waals surface area contributed by atoms with Crippen molar-refractivity contribution in [3.8, 4) is 5.75 Å². The number of H-pyrrole nitrogens is 1. The van der Waals surface area contributed by atoms with Gasteiger partial charge in [-0.05, 0) is 36.5 Å². The van der Waals surface area contributed by atoms with Crippen LogP contribution in [0.25, 0.3) is 10.2 Å². The van der Waals surface area contributed by atoms with Crippen molar-refractivity contribution in [1.82, 2.24) is 10.3 Å². The maximum absolute atomic E-state index is 11.6. The maximum Gasteiger partial charge on any atom is 0.305 e. The van der Waals surface area contributed by atoms with Crippen LogP contribution >= 0.6 is 11.3 Å². The van der Waals surface area contributed by atoms with Crippen molar-refractivity contribution < 1.29 is 10.2 Å². The number of aliphatic hydroxyl groups is 1. The highest BCUT2D eigenvalue weighted by molar-refractivity contribution is 7.16. The lowest BCUT2D eigenvalue weighted by molar-refractivity contribution is 0.169. The SMILES string of the molecule is O=c1[nH]c2c(O)ccc([C@@H](O)CN[C@@H]3CCCc4ccccc43)c2s1. The molecular weight excluding hydrogens is 336 g/mol. The molecule has 25 heavy (non-hydrogen) atoms. The van der Waals surface area contributed by atoms with Crippen molar-refractivity contribution >= 4 is 21.6 Å². The summed E-state index contributed by atoms with van der Waals surface area (Å²) in [4.78, 5) is 14.0. The molecule has 1 aliphatic rings. The molecule has 3 aromatic rings. The smallest absolute Gasteiger partial charge is 0.305 e. The first kappa shape index (κ1) is 16.3. The molecule has 0 saturated carbocycles. The zero-order valence-electron chi connectivity index (χ0n) is 13.7. The van der Waals surface area contributed by atoms with E-state index in [9.17, 15) is 15.0 Å². The second kappa shape index (κ2) is 6.63. The predicted molar refractivity (Wildman–Crippen MR) is 99.2 cm³/mol. The Kier molecular flexibility index (Phi) is 4.33. The largest absolute Gasteiger partial charge is 0.506 e. The number of aliphatic hydroxyl groups excluding tert-OH is 1. The third-order valence-electron chi connectivity index (χ3n) is 4.87. The molecule has 1 aromatic heterocycles. The Morgan fingerprint density at radius 2 is 2.12 bits per heavy atom. The molecule has 0 unspecified atom stereocenters. The Balaban J connectivity index is 1.55. The lowest BCUT2D eigenvalue weighted by Crippen LogP contribution is -2.29. The molecule has 4 N–H and O–H groups in total. The molecule has 0 fully saturated rings. The first-order chi connectivity index (χ1) is 12.1. The number of phenols is 1. The number of aromatic amines is 1. The van der Waals surface area contributed by atoms with E-state index in [1.54, 1.807) is 6.07 Å². The van der Waals surface area contributed by atoms with Crippen molar-refractivity contribution in [2.24, 2.45) is 0 Å². The number of fused-ring (bicyclic) bond motifs is 2. The average molecular weight is 356 g/mol. The maximum atomic E-state index is 11.6. The summed E-state index contributed by atoms with van der Waals surface area (Å²) in [5.41, 5.74) is 3.74. The van der Waals surface area contributed by atoms with Gasteiger partial charge in [-0.25, -0.2) is 0 Å². The molecule has 1 aliphatic carbocycles. The number of rotatable bonds is 4. The van der Waals surface area contributed by atoms with Gasteiger partial charge in [0.25, 0.3) is 0 Å². The van der Waals surface area contributed by atoms with Gasteiger partial charge in [0.05, 0.1) is 10.8 Å². The second-order valence-electron chi connectivity index (χ2n) is 6.46. The molecule has 0 spiro atoms. The van der Waals surface area contributed by atoms with E-state index in [4.69, 9.17) is 0 Å². The number of hydrogen-bond acceptors (Lipinski definition) is 5. The summed E-state index contributed by atoms with van der Waals surface area (Å²) >= 11 is 1.01. The van der Waals surface area contributed by atoms with E-state index in [0.29, 0.717) is 22.3 Å². The standard InChI is InChI=1S/C19H20N2O3S/c22-15-9-8-13(18-17(15)21-19(24)25-18)16(23)10-20-14-7-3-5-11-4-1-2-6-12(11)14/h1-2,4,6,8-9,14,16,20,22-23H,3,5,7,10H2,(H,21,24)/t14-,16+/m1/s1. The highest BCUT2D eigenvalue weighted by Crippen LogP contribution is 2.33. The molecule has 0 aliphatic heterocycles. The predicted octanol–water partition coefficient (Wildman–Crippen LogP) is 3.00. The molecule has 4 rings (SSSR count). The Morgan fingerprint density at radius 1 is 1.28 bits per heavy atom. The number of aromatic hydroxyl groups is 1. The number of aryl methyl sites for hydroxylation is 1. The molecule has 0 radical (unpaired) electrons. The van der Waals surface area contributed by atoms with Gasteiger partial charge in [-0.15, -0.1) is 0 Å². The van der Waals surface area contributed by atoms with Crippen LogP contribution in [0.3, 0.4) is 0 Å². The molecule has 2 atom stereocenters. The second-order valence-corrected chi connectivity index (χ2v) is 7.44. The number of nitrogens with one attached hydrogen (secondary N) is 2. The summed E-state index contributed by atoms with van der Waals surface area (Å²) in [6, 6.07) is 11.9. The Bertz CT molecular complexity index is 963. The molecule has 2 aromatic carbocycles. The zero-order chi connectivity index (χ0) is 17.4. The topological polar surface area (TPSA) is 85.4 Å². The summed E-state index contributed by atoms with van der Waals surface area (Å²) in [5.74, 6) is 0.0264. The van der Waals surface area contributed by atoms with E-state index >= 15 is 0 Å². The van der Waals surface area contributed by atoms with Crippen LogP contribution in [0.2, 0.25) is 0 Å². The van der Waals surface area contributed by atoms with E-state index in [1.807, 2.05) is 0 Å². The van der Waals surface area contributed by atoms with Gasteiger partial charge < -0.3 is 20.5 Å². The highest BCUT2D eigenvalue weighted by Gasteiger charge is 2.22. The number of hydrogen-bond donors (Lipinski definition) is 4. The zero-order valence-corrected chi connectivity index (χ0v) is 14.5. The van der Waals surface area contributed by atoms with Crippen molar-refractivity contribution in [2.45, 2.75) is 31.4 Å². The number of phenolic OH excluding ortho intramolecular Hbond substituents is 1. The monoisotopic (exact) mass is 356 g/mol. The van der Waals surface area contributed by atoms with E-state index < -0.39 is 6.10 Å². The third kappa shape index (κ3) is 3.08. The minimum absolute atomic E-state index is 0.0264. The van der Waals surface area contributed by atoms with E-state index in [-0.39, 0.29) is 16.7 Å². The molecule has 0 amide bonds. The van der Waals surface area contributed by atoms with Crippen molar-refractivity contribution in [2.75, 3.05) is 6.54 Å². The van der Waals surface area contributed by atoms with E-state index in [2.05, 4.69) is 34.6 Å². The molecule has 0 bridgehead atoms. The summed E-state index contributed by atoms with van der Waals surface area (Å²) in [6.07, 6.45) is 2.54. The average Bonchev–Trinajstić information content (AvgIpc) is 3.02. The van der Waals surface area contributed by atoms with Crippen LogP contribution in [0.5, 0.6) is 5.75 Å². The Hall–Kier alpha value is -2.15. The van der Waals surface area contributed by atoms with Crippen LogP contribution in [0.1, 0.15) is 41.7 Å². The Labute approximate surface area is 149 Å². The molecule has 5 nitrogen and oxygen atoms in total. The molecule has 6 heteroatoms. The van der Waals surface area contributed by atoms with Gasteiger partial charge in [0.2, 0.25) is 0 Å². The summed E-state index contributed by atoms with van der Waals surface area (Å²) < 4.78 is 0.614. The van der Waals surface area contributed by atoms with Gasteiger partial charge in [-0.3, -0.25) is 4.79 Å². The van der Waals surface area contributed by atoms with Gasteiger partial charge in [0.15, 0.2) is 0 Å². The number of thiazole rings is 1. The van der Waals surface area contributed by atoms with Crippen molar-refractivity contribution in [3.05, 3.63) is 62.8 Å². The number of aromatic nitrogens is 1. The van der Waals surface area contributed by atoms with E-state index in [1.165, 1.54) is 17.2 Å². The quantitative estimate of drug-likeness (QED) is 0.579. The molecule has 130 valence electrons. The summed E-state index contributed by atoms with van der Waals surface area (Å²) in [5, 5.41) is 24.0. The lowest BCUT2D eigenvalue weighted by Gasteiger charge is -2.27. The van der Waals surface area contributed by atoms with Gasteiger partial charge in [0.1, 0.15) is 11.3 Å². The molecular formula is C19H20N2O3S. The van der Waals surface area contributed by atoms with Gasteiger partial charge in [0, 0.05) is 18.2 Å². The fourth-order valence-corrected chi connectivity index (χ4v) is 4.55. The summed E-state index contributed by atoms with van der Waals surface area (Å²) in [7, 11) is 0. The van der Waals surface area contributed by atoms with Crippen LogP contribution in [-0.2, 0) is 6.42 Å². The van der Waals surface area contributed by atoms with Gasteiger partial charge >= 0.3 is 4.87 Å². The minimum atomic E-state index is -0.747. The fourth-order valence-electron chi connectivity index (χ4n) is 3.63. The van der Waals surface area contributed by atoms with Crippen molar-refractivity contribution in [1.29, 1.82) is 0 Å². The van der Waals surface area contributed by atoms with Gasteiger partial charge in [-0.1, -0.05) is 41.7 Å². The highest BCUT2D eigenvalue weighted by atomic mass is 32.1. The van der Waals surface area contributed by atoms with Crippen molar-refractivity contribution in [3.63, 3.8) is 0 Å². The first-order valence-corrected chi connectivity index (χ1v) is 9.29. The Morgan fingerprint density at radius 3 is 3.00 bits per heavy atom. The van der Waals surface area contributed by atoms with Crippen LogP contribution in [0.15, 0.2) is 41.2 Å². The normalized spacial score (nSPS) is 18.2. The first-order valence-electron chi connectivity index (χ1n) is 8.47. The molecule has 0 saturated heterocycles. The fraction of sp³-hybridized carbons (Fsp3) is 0.316. The third-order valence-corrected chi connectivity index (χ3v) is 5.81.